The van der Waals surface area contributed by atoms with Crippen LogP contribution >= 0.6 is 23.2 Å². The fourth-order valence-electron chi connectivity index (χ4n) is 2.53. The molecule has 2 N–H and O–H groups in total. The molecule has 0 heterocycles. The Kier molecular flexibility index (Phi) is 8.08. The molecular weight excluding hydrogens is 453 g/mol. The monoisotopic (exact) mass is 473 g/mol. The van der Waals surface area contributed by atoms with E-state index in [-0.39, 0.29) is 34.6 Å². The highest BCUT2D eigenvalue weighted by Crippen LogP contribution is 2.28. The van der Waals surface area contributed by atoms with Gasteiger partial charge in [0.05, 0.1) is 41.5 Å². The van der Waals surface area contributed by atoms with E-state index >= 15 is 0 Å². The molecule has 8 nitrogen and oxygen atoms in total. The van der Waals surface area contributed by atoms with Crippen LogP contribution in [0.25, 0.3) is 0 Å². The van der Waals surface area contributed by atoms with Crippen molar-refractivity contribution in [3.05, 3.63) is 46.4 Å². The predicted octanol–water partition coefficient (Wildman–Crippen LogP) is 2.91. The number of likely N-dealkylation sites (N-methyl/N-ethyl adjacent to an activating group) is 1. The summed E-state index contributed by atoms with van der Waals surface area (Å²) in [6.07, 6.45) is 1.06. The number of sulfone groups is 1. The minimum atomic E-state index is -3.45. The van der Waals surface area contributed by atoms with Crippen molar-refractivity contribution in [3.63, 3.8) is 0 Å². The molecule has 0 aliphatic carbocycles. The van der Waals surface area contributed by atoms with Gasteiger partial charge in [-0.25, -0.2) is 8.42 Å². The molecular formula is C19H21Cl2N3O5S. The number of carbonyl (C=O) groups is 2. The molecule has 2 aromatic rings. The number of amides is 2. The zero-order valence-corrected chi connectivity index (χ0v) is 18.9. The molecule has 0 aromatic heterocycles. The molecule has 2 aromatic carbocycles. The van der Waals surface area contributed by atoms with Crippen molar-refractivity contribution in [2.45, 2.75) is 4.90 Å². The van der Waals surface area contributed by atoms with Gasteiger partial charge in [-0.2, -0.15) is 0 Å². The lowest BCUT2D eigenvalue weighted by molar-refractivity contribution is -0.119. The molecule has 2 rings (SSSR count). The first kappa shape index (κ1) is 23.9. The lowest BCUT2D eigenvalue weighted by atomic mass is 10.3. The smallest absolute Gasteiger partial charge is 0.238 e. The Morgan fingerprint density at radius 1 is 1.00 bits per heavy atom. The highest BCUT2D eigenvalue weighted by Gasteiger charge is 2.16. The van der Waals surface area contributed by atoms with Gasteiger partial charge < -0.3 is 15.4 Å². The zero-order valence-electron chi connectivity index (χ0n) is 16.5. The normalized spacial score (nSPS) is 11.3. The van der Waals surface area contributed by atoms with Gasteiger partial charge in [0.1, 0.15) is 5.75 Å². The highest BCUT2D eigenvalue weighted by atomic mass is 35.5. The molecule has 11 heteroatoms. The van der Waals surface area contributed by atoms with Gasteiger partial charge in [-0.1, -0.05) is 23.2 Å². The van der Waals surface area contributed by atoms with Gasteiger partial charge >= 0.3 is 0 Å². The third kappa shape index (κ3) is 6.88. The summed E-state index contributed by atoms with van der Waals surface area (Å²) in [6, 6.07) is 8.85. The number of hydrogen-bond donors (Lipinski definition) is 2. The number of rotatable bonds is 8. The van der Waals surface area contributed by atoms with Crippen LogP contribution in [0, 0.1) is 0 Å². The summed E-state index contributed by atoms with van der Waals surface area (Å²) in [6.45, 7) is -0.209. The molecule has 0 fully saturated rings. The van der Waals surface area contributed by atoms with Crippen molar-refractivity contribution in [2.24, 2.45) is 0 Å². The fourth-order valence-corrected chi connectivity index (χ4v) is 3.52. The van der Waals surface area contributed by atoms with Crippen LogP contribution in [0.1, 0.15) is 0 Å². The molecule has 30 heavy (non-hydrogen) atoms. The van der Waals surface area contributed by atoms with Crippen LogP contribution in [-0.4, -0.2) is 58.6 Å². The van der Waals surface area contributed by atoms with Crippen LogP contribution in [0.2, 0.25) is 10.0 Å². The van der Waals surface area contributed by atoms with E-state index in [9.17, 15) is 18.0 Å². The summed E-state index contributed by atoms with van der Waals surface area (Å²) in [5.74, 6) is -0.380. The van der Waals surface area contributed by atoms with Gasteiger partial charge in [0, 0.05) is 11.3 Å². The van der Waals surface area contributed by atoms with Crippen LogP contribution in [-0.2, 0) is 19.4 Å². The molecule has 0 saturated heterocycles. The van der Waals surface area contributed by atoms with E-state index in [0.29, 0.717) is 16.5 Å². The summed E-state index contributed by atoms with van der Waals surface area (Å²) in [5.41, 5.74) is 0.586. The van der Waals surface area contributed by atoms with Crippen LogP contribution in [0.4, 0.5) is 11.4 Å². The maximum atomic E-state index is 12.3. The molecule has 0 aliphatic rings. The topological polar surface area (TPSA) is 105 Å². The summed E-state index contributed by atoms with van der Waals surface area (Å²) in [7, 11) is -0.391. The number of hydrogen-bond acceptors (Lipinski definition) is 6. The number of anilines is 2. The Labute approximate surface area is 185 Å². The van der Waals surface area contributed by atoms with Gasteiger partial charge in [-0.05, 0) is 43.4 Å². The van der Waals surface area contributed by atoms with Crippen molar-refractivity contribution in [1.29, 1.82) is 0 Å². The van der Waals surface area contributed by atoms with Crippen LogP contribution in [0.5, 0.6) is 5.75 Å². The standard InChI is InChI=1S/C19H21Cl2N3O5S/c1-24(11-19(26)23-16-8-12(20)4-7-17(16)29-2)10-18(25)22-15-9-13(30(3,27)28)5-6-14(15)21/h4-9H,10-11H2,1-3H3,(H,22,25)(H,23,26). The van der Waals surface area contributed by atoms with Crippen molar-refractivity contribution in [2.75, 3.05) is 44.1 Å². The second-order valence-corrected chi connectivity index (χ2v) is 9.39. The number of halogens is 2. The van der Waals surface area contributed by atoms with E-state index in [4.69, 9.17) is 27.9 Å². The summed E-state index contributed by atoms with van der Waals surface area (Å²) in [5, 5.41) is 5.87. The molecule has 0 saturated carbocycles. The third-order valence-corrected chi connectivity index (χ3v) is 5.58. The minimum Gasteiger partial charge on any atom is -0.495 e. The molecule has 0 bridgehead atoms. The number of carbonyl (C=O) groups excluding carboxylic acids is 2. The first-order chi connectivity index (χ1) is 14.0. The van der Waals surface area contributed by atoms with E-state index in [1.165, 1.54) is 30.2 Å². The second-order valence-electron chi connectivity index (χ2n) is 6.53. The lowest BCUT2D eigenvalue weighted by Gasteiger charge is -2.17. The fraction of sp³-hybridized carbons (Fsp3) is 0.263. The summed E-state index contributed by atoms with van der Waals surface area (Å²) >= 11 is 12.0. The second kappa shape index (κ2) is 10.1. The molecule has 0 radical (unpaired) electrons. The maximum Gasteiger partial charge on any atom is 0.238 e. The molecule has 2 amide bonds. The van der Waals surface area contributed by atoms with Crippen LogP contribution in [0.3, 0.4) is 0 Å². The molecule has 0 aliphatic heterocycles. The predicted molar refractivity (Wildman–Crippen MR) is 117 cm³/mol. The van der Waals surface area contributed by atoms with E-state index in [1.807, 2.05) is 0 Å². The average molecular weight is 474 g/mol. The quantitative estimate of drug-likeness (QED) is 0.610. The number of nitrogens with one attached hydrogen (secondary N) is 2. The van der Waals surface area contributed by atoms with Gasteiger partial charge in [-0.15, -0.1) is 0 Å². The Hall–Kier alpha value is -2.33. The van der Waals surface area contributed by atoms with Crippen molar-refractivity contribution in [3.8, 4) is 5.75 Å². The Morgan fingerprint density at radius 3 is 2.17 bits per heavy atom. The van der Waals surface area contributed by atoms with E-state index < -0.39 is 15.7 Å². The minimum absolute atomic E-state index is 0.0328. The van der Waals surface area contributed by atoms with Gasteiger partial charge in [0.15, 0.2) is 9.84 Å². The average Bonchev–Trinajstić information content (AvgIpc) is 2.62. The van der Waals surface area contributed by atoms with E-state index in [1.54, 1.807) is 25.2 Å². The Morgan fingerprint density at radius 2 is 1.60 bits per heavy atom. The van der Waals surface area contributed by atoms with Crippen molar-refractivity contribution in [1.82, 2.24) is 4.90 Å². The summed E-state index contributed by atoms with van der Waals surface area (Å²) in [4.78, 5) is 26.1. The third-order valence-electron chi connectivity index (χ3n) is 3.90. The Bertz CT molecular complexity index is 1060. The van der Waals surface area contributed by atoms with Gasteiger partial charge in [-0.3, -0.25) is 14.5 Å². The molecule has 0 atom stereocenters. The van der Waals surface area contributed by atoms with E-state index in [0.717, 1.165) is 6.26 Å². The van der Waals surface area contributed by atoms with E-state index in [2.05, 4.69) is 10.6 Å². The van der Waals surface area contributed by atoms with Crippen molar-refractivity contribution >= 4 is 56.2 Å². The molecule has 162 valence electrons. The highest BCUT2D eigenvalue weighted by molar-refractivity contribution is 7.90. The molecule has 0 spiro atoms. The molecule has 0 unspecified atom stereocenters. The summed E-state index contributed by atoms with van der Waals surface area (Å²) < 4.78 is 28.5. The Balaban J connectivity index is 1.97. The largest absolute Gasteiger partial charge is 0.495 e. The van der Waals surface area contributed by atoms with Gasteiger partial charge in [0.25, 0.3) is 0 Å². The maximum absolute atomic E-state index is 12.3. The number of nitrogens with zero attached hydrogens (tertiary/aromatic N) is 1. The van der Waals surface area contributed by atoms with Gasteiger partial charge in [0.2, 0.25) is 11.8 Å². The van der Waals surface area contributed by atoms with Crippen LogP contribution < -0.4 is 15.4 Å². The number of methoxy groups -OCH3 is 1. The number of ether oxygens (including phenoxy) is 1. The first-order valence-electron chi connectivity index (χ1n) is 8.61. The zero-order chi connectivity index (χ0) is 22.5. The van der Waals surface area contributed by atoms with Crippen LogP contribution in [0.15, 0.2) is 41.3 Å². The SMILES string of the molecule is COc1ccc(Cl)cc1NC(=O)CN(C)CC(=O)Nc1cc(S(C)(=O)=O)ccc1Cl. The first-order valence-corrected chi connectivity index (χ1v) is 11.3. The van der Waals surface area contributed by atoms with Crippen molar-refractivity contribution < 1.29 is 22.7 Å². The lowest BCUT2D eigenvalue weighted by Crippen LogP contribution is -2.36. The number of benzene rings is 2.